The van der Waals surface area contributed by atoms with Gasteiger partial charge in [0.25, 0.3) is 0 Å². The Morgan fingerprint density at radius 2 is 1.52 bits per heavy atom. The average molecular weight is 376 g/mol. The molecule has 0 saturated carbocycles. The van der Waals surface area contributed by atoms with Crippen molar-refractivity contribution in [3.63, 3.8) is 0 Å². The van der Waals surface area contributed by atoms with Gasteiger partial charge in [0.2, 0.25) is 11.8 Å². The summed E-state index contributed by atoms with van der Waals surface area (Å²) in [5.41, 5.74) is -0.437. The number of carbonyl (C=O) groups is 2. The molecule has 0 unspecified atom stereocenters. The quantitative estimate of drug-likeness (QED) is 0.773. The zero-order chi connectivity index (χ0) is 18.6. The maximum atomic E-state index is 12.5. The normalized spacial score (nSPS) is 10.7. The number of anilines is 2. The van der Waals surface area contributed by atoms with Gasteiger partial charge >= 0.3 is 0 Å². The minimum Gasteiger partial charge on any atom is -0.324 e. The van der Waals surface area contributed by atoms with Gasteiger partial charge in [-0.05, 0) is 38.1 Å². The fraction of sp³-hybridized carbons (Fsp3) is 0.167. The van der Waals surface area contributed by atoms with Gasteiger partial charge in [-0.3, -0.25) is 9.59 Å². The number of nitrogens with zero attached hydrogens (tertiary/aromatic N) is 1. The number of hydrogen-bond acceptors (Lipinski definition) is 3. The molecule has 0 aromatic heterocycles. The van der Waals surface area contributed by atoms with Crippen LogP contribution in [0.4, 0.5) is 11.4 Å². The summed E-state index contributed by atoms with van der Waals surface area (Å²) < 4.78 is 0. The van der Waals surface area contributed by atoms with Gasteiger partial charge in [-0.25, -0.2) is 0 Å². The molecular formula is C18H15Cl2N3O2. The Balaban J connectivity index is 2.19. The van der Waals surface area contributed by atoms with Crippen LogP contribution in [0.3, 0.4) is 0 Å². The number of para-hydroxylation sites is 1. The minimum atomic E-state index is -1.41. The standard InChI is InChI=1S/C18H15Cl2N3O2/c1-18(2,16(24)22-13-8-4-3-6-11(13)10-21)17(25)23-14-9-5-7-12(19)15(14)20/h3-9H,1-2H3,(H,22,24)(H,23,25). The van der Waals surface area contributed by atoms with Crippen LogP contribution in [0.15, 0.2) is 42.5 Å². The van der Waals surface area contributed by atoms with Crippen molar-refractivity contribution in [1.29, 1.82) is 5.26 Å². The topological polar surface area (TPSA) is 82.0 Å². The predicted octanol–water partition coefficient (Wildman–Crippen LogP) is 4.47. The van der Waals surface area contributed by atoms with E-state index in [1.165, 1.54) is 13.8 Å². The van der Waals surface area contributed by atoms with Crippen molar-refractivity contribution in [3.8, 4) is 6.07 Å². The third-order valence-electron chi connectivity index (χ3n) is 3.63. The number of nitrogens with one attached hydrogen (secondary N) is 2. The Labute approximate surface area is 155 Å². The Morgan fingerprint density at radius 1 is 0.960 bits per heavy atom. The molecule has 2 aromatic rings. The Bertz CT molecular complexity index is 873. The highest BCUT2D eigenvalue weighted by atomic mass is 35.5. The Morgan fingerprint density at radius 3 is 2.16 bits per heavy atom. The lowest BCUT2D eigenvalue weighted by atomic mass is 9.90. The fourth-order valence-corrected chi connectivity index (χ4v) is 2.30. The maximum Gasteiger partial charge on any atom is 0.239 e. The molecule has 0 aliphatic heterocycles. The Kier molecular flexibility index (Phi) is 5.68. The number of hydrogen-bond donors (Lipinski definition) is 2. The van der Waals surface area contributed by atoms with Crippen LogP contribution in [0, 0.1) is 16.7 Å². The molecule has 0 fully saturated rings. The van der Waals surface area contributed by atoms with E-state index in [2.05, 4.69) is 10.6 Å². The summed E-state index contributed by atoms with van der Waals surface area (Å²) in [6.45, 7) is 2.95. The molecule has 7 heteroatoms. The van der Waals surface area contributed by atoms with Crippen LogP contribution < -0.4 is 10.6 Å². The summed E-state index contributed by atoms with van der Waals surface area (Å²) in [6, 6.07) is 13.4. The minimum absolute atomic E-state index is 0.198. The third kappa shape index (κ3) is 4.11. The van der Waals surface area contributed by atoms with Gasteiger partial charge in [-0.1, -0.05) is 41.4 Å². The molecule has 128 valence electrons. The average Bonchev–Trinajstić information content (AvgIpc) is 2.59. The molecule has 0 spiro atoms. The van der Waals surface area contributed by atoms with Crippen LogP contribution in [0.1, 0.15) is 19.4 Å². The monoisotopic (exact) mass is 375 g/mol. The van der Waals surface area contributed by atoms with Crippen molar-refractivity contribution in [1.82, 2.24) is 0 Å². The molecule has 0 radical (unpaired) electrons. The number of halogens is 2. The molecule has 2 N–H and O–H groups in total. The lowest BCUT2D eigenvalue weighted by molar-refractivity contribution is -0.135. The first kappa shape index (κ1) is 18.8. The summed E-state index contributed by atoms with van der Waals surface area (Å²) in [7, 11) is 0. The molecule has 2 rings (SSSR count). The second kappa shape index (κ2) is 7.56. The van der Waals surface area contributed by atoms with E-state index in [1.54, 1.807) is 42.5 Å². The van der Waals surface area contributed by atoms with E-state index in [9.17, 15) is 9.59 Å². The zero-order valence-electron chi connectivity index (χ0n) is 13.6. The van der Waals surface area contributed by atoms with Crippen molar-refractivity contribution in [2.24, 2.45) is 5.41 Å². The van der Waals surface area contributed by atoms with Crippen molar-refractivity contribution in [3.05, 3.63) is 58.1 Å². The molecule has 0 bridgehead atoms. The summed E-state index contributed by atoms with van der Waals surface area (Å²) in [5, 5.41) is 14.8. The molecule has 0 saturated heterocycles. The van der Waals surface area contributed by atoms with Gasteiger partial charge in [-0.2, -0.15) is 5.26 Å². The van der Waals surface area contributed by atoms with E-state index in [0.29, 0.717) is 22.0 Å². The maximum absolute atomic E-state index is 12.5. The summed E-state index contributed by atoms with van der Waals surface area (Å²) in [4.78, 5) is 25.1. The number of amides is 2. The van der Waals surface area contributed by atoms with Crippen molar-refractivity contribution >= 4 is 46.4 Å². The van der Waals surface area contributed by atoms with E-state index in [-0.39, 0.29) is 5.02 Å². The molecule has 5 nitrogen and oxygen atoms in total. The molecular weight excluding hydrogens is 361 g/mol. The van der Waals surface area contributed by atoms with Crippen LogP contribution >= 0.6 is 23.2 Å². The summed E-state index contributed by atoms with van der Waals surface area (Å²) in [5.74, 6) is -1.10. The van der Waals surface area contributed by atoms with Crippen molar-refractivity contribution in [2.45, 2.75) is 13.8 Å². The van der Waals surface area contributed by atoms with E-state index >= 15 is 0 Å². The SMILES string of the molecule is CC(C)(C(=O)Nc1ccccc1C#N)C(=O)Nc1cccc(Cl)c1Cl. The molecule has 0 heterocycles. The molecule has 2 aromatic carbocycles. The molecule has 0 aliphatic rings. The molecule has 0 atom stereocenters. The smallest absolute Gasteiger partial charge is 0.239 e. The predicted molar refractivity (Wildman–Crippen MR) is 98.7 cm³/mol. The van der Waals surface area contributed by atoms with Crippen molar-refractivity contribution in [2.75, 3.05) is 10.6 Å². The van der Waals surface area contributed by atoms with E-state index in [0.717, 1.165) is 0 Å². The van der Waals surface area contributed by atoms with Gasteiger partial charge in [0.1, 0.15) is 11.5 Å². The highest BCUT2D eigenvalue weighted by molar-refractivity contribution is 6.44. The van der Waals surface area contributed by atoms with Gasteiger partial charge in [0.05, 0.1) is 27.0 Å². The third-order valence-corrected chi connectivity index (χ3v) is 4.45. The number of rotatable bonds is 4. The van der Waals surface area contributed by atoms with E-state index < -0.39 is 17.2 Å². The summed E-state index contributed by atoms with van der Waals surface area (Å²) in [6.07, 6.45) is 0. The Hall–Kier alpha value is -2.55. The molecule has 25 heavy (non-hydrogen) atoms. The van der Waals surface area contributed by atoms with Gasteiger partial charge in [0.15, 0.2) is 0 Å². The van der Waals surface area contributed by atoms with Gasteiger partial charge in [0, 0.05) is 0 Å². The first-order valence-corrected chi connectivity index (χ1v) is 8.09. The zero-order valence-corrected chi connectivity index (χ0v) is 15.1. The lowest BCUT2D eigenvalue weighted by Crippen LogP contribution is -2.41. The van der Waals surface area contributed by atoms with E-state index in [1.807, 2.05) is 6.07 Å². The number of benzene rings is 2. The second-order valence-corrected chi connectivity index (χ2v) is 6.58. The first-order valence-electron chi connectivity index (χ1n) is 7.33. The first-order chi connectivity index (χ1) is 11.8. The van der Waals surface area contributed by atoms with E-state index in [4.69, 9.17) is 28.5 Å². The molecule has 2 amide bonds. The van der Waals surface area contributed by atoms with Crippen molar-refractivity contribution < 1.29 is 9.59 Å². The van der Waals surface area contributed by atoms with Crippen LogP contribution in [-0.2, 0) is 9.59 Å². The molecule has 0 aliphatic carbocycles. The van der Waals surface area contributed by atoms with Crippen LogP contribution in [0.2, 0.25) is 10.0 Å². The second-order valence-electron chi connectivity index (χ2n) is 5.79. The van der Waals surface area contributed by atoms with Crippen LogP contribution in [0.5, 0.6) is 0 Å². The van der Waals surface area contributed by atoms with Gasteiger partial charge in [-0.15, -0.1) is 0 Å². The number of nitriles is 1. The summed E-state index contributed by atoms with van der Waals surface area (Å²) >= 11 is 12.0. The largest absolute Gasteiger partial charge is 0.324 e. The number of carbonyl (C=O) groups excluding carboxylic acids is 2. The van der Waals surface area contributed by atoms with Crippen LogP contribution in [-0.4, -0.2) is 11.8 Å². The van der Waals surface area contributed by atoms with Crippen LogP contribution in [0.25, 0.3) is 0 Å². The fourth-order valence-electron chi connectivity index (χ4n) is 1.95. The highest BCUT2D eigenvalue weighted by Gasteiger charge is 2.36. The van der Waals surface area contributed by atoms with Gasteiger partial charge < -0.3 is 10.6 Å². The lowest BCUT2D eigenvalue weighted by Gasteiger charge is -2.23. The highest BCUT2D eigenvalue weighted by Crippen LogP contribution is 2.31.